The summed E-state index contributed by atoms with van der Waals surface area (Å²) in [5.74, 6) is 2.28. The van der Waals surface area contributed by atoms with E-state index < -0.39 is 52.5 Å². The van der Waals surface area contributed by atoms with Crippen LogP contribution in [0.4, 0.5) is 23.2 Å². The highest BCUT2D eigenvalue weighted by molar-refractivity contribution is 6.33. The van der Waals surface area contributed by atoms with E-state index in [9.17, 15) is 31.9 Å². The summed E-state index contributed by atoms with van der Waals surface area (Å²) in [4.78, 5) is 37.9. The fourth-order valence-corrected chi connectivity index (χ4v) is 4.15. The van der Waals surface area contributed by atoms with Crippen molar-refractivity contribution in [3.05, 3.63) is 92.7 Å². The summed E-state index contributed by atoms with van der Waals surface area (Å²) in [5, 5.41) is 5.37. The molecule has 44 heavy (non-hydrogen) atoms. The van der Waals surface area contributed by atoms with Gasteiger partial charge in [-0.3, -0.25) is 14.4 Å². The second-order valence-electron chi connectivity index (χ2n) is 10.5. The highest BCUT2D eigenvalue weighted by Crippen LogP contribution is 2.33. The van der Waals surface area contributed by atoms with Crippen LogP contribution < -0.4 is 21.1 Å². The Hall–Kier alpha value is -4.29. The lowest BCUT2D eigenvalue weighted by molar-refractivity contribution is -0.137. The number of carbonyl (C=O) groups is 3. The Labute approximate surface area is 260 Å². The van der Waals surface area contributed by atoms with Gasteiger partial charge < -0.3 is 21.1 Å². The van der Waals surface area contributed by atoms with E-state index in [1.54, 1.807) is 13.8 Å². The van der Waals surface area contributed by atoms with Crippen molar-refractivity contribution in [2.24, 2.45) is 5.73 Å². The molecule has 0 bridgehead atoms. The standard InChI is InChI=1S/C31H23Cl2F4N3O4/c1-29(2,40-28(43)30(38)9-10-30)8-7-17-3-5-24(23(33)11-17)39-26(41)16-44-25-6-4-20(32)15-22(25)27(42)18-12-19(31(35,36)37)14-21(34)13-18/h4,6,11-15H,9-10,16,38H2,1-2H3,(H,39,41)(H,40,43). The molecule has 0 aromatic heterocycles. The highest BCUT2D eigenvalue weighted by Gasteiger charge is 2.47. The molecule has 0 saturated heterocycles. The number of nitrogens with two attached hydrogens (primary N) is 1. The minimum atomic E-state index is -4.89. The molecule has 1 aliphatic carbocycles. The zero-order chi connectivity index (χ0) is 32.4. The Balaban J connectivity index is 1.42. The van der Waals surface area contributed by atoms with Crippen molar-refractivity contribution in [3.63, 3.8) is 0 Å². The van der Waals surface area contributed by atoms with Crippen molar-refractivity contribution in [3.8, 4) is 17.6 Å². The number of amides is 2. The topological polar surface area (TPSA) is 111 Å². The quantitative estimate of drug-likeness (QED) is 0.164. The first kappa shape index (κ1) is 32.6. The predicted octanol–water partition coefficient (Wildman–Crippen LogP) is 5.74. The second-order valence-corrected chi connectivity index (χ2v) is 11.4. The molecule has 0 radical (unpaired) electrons. The van der Waals surface area contributed by atoms with E-state index in [2.05, 4.69) is 34.6 Å². The van der Waals surface area contributed by atoms with Gasteiger partial charge in [0.05, 0.1) is 32.8 Å². The fraction of sp³-hybridized carbons (Fsp3) is 0.258. The summed E-state index contributed by atoms with van der Waals surface area (Å²) in [5.41, 5.74) is 2.31. The second kappa shape index (κ2) is 12.4. The van der Waals surface area contributed by atoms with Gasteiger partial charge in [0.2, 0.25) is 5.91 Å². The summed E-state index contributed by atoms with van der Waals surface area (Å²) in [7, 11) is 0. The number of hydrogen-bond acceptors (Lipinski definition) is 5. The maximum Gasteiger partial charge on any atom is 0.416 e. The maximum atomic E-state index is 13.9. The Bertz CT molecular complexity index is 1710. The number of benzene rings is 2. The lowest BCUT2D eigenvalue weighted by Gasteiger charge is -2.22. The van der Waals surface area contributed by atoms with Crippen LogP contribution in [0.1, 0.15) is 53.7 Å². The van der Waals surface area contributed by atoms with Gasteiger partial charge in [-0.05, 0) is 75.2 Å². The van der Waals surface area contributed by atoms with E-state index in [1.165, 1.54) is 18.2 Å². The van der Waals surface area contributed by atoms with Gasteiger partial charge in [0.25, 0.3) is 5.91 Å². The van der Waals surface area contributed by atoms with Crippen LogP contribution in [-0.2, 0) is 15.8 Å². The SMILES string of the molecule is CC(C)(C#Cc1c#cc(NC(=O)COc2ccc(Cl)cc2C(=O)c2cc(F)cc(C(F)(F)F)c2)c(Cl)c1)NC(=O)C1(N)CC1. The van der Waals surface area contributed by atoms with Crippen LogP contribution in [0.3, 0.4) is 0 Å². The molecule has 0 spiro atoms. The molecule has 13 heteroatoms. The first-order chi connectivity index (χ1) is 20.5. The van der Waals surface area contributed by atoms with Crippen molar-refractivity contribution in [2.45, 2.75) is 43.9 Å². The van der Waals surface area contributed by atoms with Gasteiger partial charge in [-0.2, -0.15) is 13.2 Å². The van der Waals surface area contributed by atoms with Gasteiger partial charge in [0.1, 0.15) is 17.3 Å². The number of ketones is 1. The van der Waals surface area contributed by atoms with Gasteiger partial charge in [-0.1, -0.05) is 41.1 Å². The Morgan fingerprint density at radius 1 is 1.07 bits per heavy atom. The molecule has 0 aliphatic heterocycles. The number of nitrogens with one attached hydrogen (secondary N) is 2. The van der Waals surface area contributed by atoms with Crippen LogP contribution >= 0.6 is 23.2 Å². The van der Waals surface area contributed by atoms with Crippen LogP contribution in [0.15, 0.2) is 42.5 Å². The third-order valence-corrected chi connectivity index (χ3v) is 6.84. The number of anilines is 1. The third kappa shape index (κ3) is 8.20. The largest absolute Gasteiger partial charge is 0.483 e. The summed E-state index contributed by atoms with van der Waals surface area (Å²) in [6.45, 7) is 2.77. The number of hydrogen-bond donors (Lipinski definition) is 3. The maximum absolute atomic E-state index is 13.9. The number of carbonyl (C=O) groups excluding carboxylic acids is 3. The molecule has 0 atom stereocenters. The van der Waals surface area contributed by atoms with E-state index in [1.807, 2.05) is 0 Å². The van der Waals surface area contributed by atoms with Crippen molar-refractivity contribution in [1.29, 1.82) is 0 Å². The summed E-state index contributed by atoms with van der Waals surface area (Å²) in [6, 6.07) is 12.0. The molecule has 2 amide bonds. The molecule has 228 valence electrons. The molecule has 3 aromatic rings. The van der Waals surface area contributed by atoms with Gasteiger partial charge in [-0.15, -0.1) is 0 Å². The van der Waals surface area contributed by atoms with Crippen LogP contribution in [-0.4, -0.2) is 35.3 Å². The first-order valence-corrected chi connectivity index (χ1v) is 13.6. The average molecular weight is 648 g/mol. The minimum absolute atomic E-state index is 0.0454. The fourth-order valence-electron chi connectivity index (χ4n) is 3.77. The smallest absolute Gasteiger partial charge is 0.416 e. The van der Waals surface area contributed by atoms with Crippen LogP contribution in [0.5, 0.6) is 5.75 Å². The normalized spacial score (nSPS) is 13.6. The Kier molecular flexibility index (Phi) is 9.17. The first-order valence-electron chi connectivity index (χ1n) is 12.9. The molecular formula is C31H23Cl2F4N3O4. The van der Waals surface area contributed by atoms with Gasteiger partial charge >= 0.3 is 6.18 Å². The number of ether oxygens (including phenoxy) is 1. The molecule has 1 saturated carbocycles. The van der Waals surface area contributed by atoms with E-state index in [0.717, 1.165) is 6.07 Å². The van der Waals surface area contributed by atoms with E-state index >= 15 is 0 Å². The molecule has 1 aliphatic rings. The van der Waals surface area contributed by atoms with Crippen molar-refractivity contribution in [1.82, 2.24) is 5.32 Å². The molecule has 0 unspecified atom stereocenters. The van der Waals surface area contributed by atoms with Crippen molar-refractivity contribution in [2.75, 3.05) is 11.9 Å². The number of alkyl halides is 3. The lowest BCUT2D eigenvalue weighted by atomic mass is 10.00. The molecule has 7 nitrogen and oxygen atoms in total. The molecule has 1 fully saturated rings. The average Bonchev–Trinajstić information content (AvgIpc) is 3.69. The van der Waals surface area contributed by atoms with Gasteiger partial charge in [-0.25, -0.2) is 4.39 Å². The zero-order valence-corrected chi connectivity index (χ0v) is 24.7. The Morgan fingerprint density at radius 2 is 1.77 bits per heavy atom. The van der Waals surface area contributed by atoms with Crippen molar-refractivity contribution < 1.29 is 36.7 Å². The van der Waals surface area contributed by atoms with Crippen molar-refractivity contribution >= 4 is 46.5 Å². The molecule has 0 heterocycles. The number of halogens is 6. The summed E-state index contributed by atoms with van der Waals surface area (Å²) < 4.78 is 58.8. The molecule has 3 aromatic carbocycles. The van der Waals surface area contributed by atoms with E-state index in [0.29, 0.717) is 30.5 Å². The minimum Gasteiger partial charge on any atom is -0.483 e. The number of rotatable bonds is 8. The van der Waals surface area contributed by atoms with Crippen LogP contribution in [0.25, 0.3) is 0 Å². The zero-order valence-electron chi connectivity index (χ0n) is 23.1. The highest BCUT2D eigenvalue weighted by atomic mass is 35.5. The van der Waals surface area contributed by atoms with Gasteiger partial charge in [0.15, 0.2) is 12.4 Å². The molecular weight excluding hydrogens is 625 g/mol. The van der Waals surface area contributed by atoms with E-state index in [-0.39, 0.29) is 39.0 Å². The lowest BCUT2D eigenvalue weighted by Crippen LogP contribution is -2.51. The van der Waals surface area contributed by atoms with Gasteiger partial charge in [0, 0.05) is 10.6 Å². The monoisotopic (exact) mass is 647 g/mol. The van der Waals surface area contributed by atoms with Crippen LogP contribution in [0, 0.1) is 29.8 Å². The van der Waals surface area contributed by atoms with E-state index in [4.69, 9.17) is 33.7 Å². The predicted molar refractivity (Wildman–Crippen MR) is 155 cm³/mol. The van der Waals surface area contributed by atoms with Crippen LogP contribution in [0.2, 0.25) is 10.0 Å². The summed E-state index contributed by atoms with van der Waals surface area (Å²) in [6.07, 6.45) is -3.67. The summed E-state index contributed by atoms with van der Waals surface area (Å²) >= 11 is 12.2. The third-order valence-electron chi connectivity index (χ3n) is 6.31. The molecule has 4 N–H and O–H groups in total. The molecule has 4 rings (SSSR count). The Morgan fingerprint density at radius 3 is 2.41 bits per heavy atom.